The molecule has 0 radical (unpaired) electrons. The Morgan fingerprint density at radius 3 is 2.77 bits per heavy atom. The molecule has 0 aromatic carbocycles. The second-order valence-electron chi connectivity index (χ2n) is 2.72. The van der Waals surface area contributed by atoms with E-state index in [-0.39, 0.29) is 10.7 Å². The Bertz CT molecular complexity index is 142. The maximum atomic E-state index is 11.2. The molecule has 0 aromatic rings. The van der Waals surface area contributed by atoms with Gasteiger partial charge in [0.1, 0.15) is 0 Å². The molecule has 13 heavy (non-hydrogen) atoms. The van der Waals surface area contributed by atoms with Crippen molar-refractivity contribution in [2.24, 2.45) is 0 Å². The number of rotatable bonds is 7. The number of hydrogen-bond acceptors (Lipinski definition) is 2. The molecule has 0 bridgehead atoms. The topological polar surface area (TPSA) is 38.3 Å². The summed E-state index contributed by atoms with van der Waals surface area (Å²) in [7, 11) is 0. The molecule has 1 amide bonds. The van der Waals surface area contributed by atoms with Crippen molar-refractivity contribution in [2.45, 2.75) is 31.5 Å². The first-order chi connectivity index (χ1) is 6.22. The maximum Gasteiger partial charge on any atom is 0.233 e. The van der Waals surface area contributed by atoms with E-state index in [0.29, 0.717) is 6.54 Å². The van der Waals surface area contributed by atoms with Crippen LogP contribution in [0, 0.1) is 0 Å². The zero-order valence-electron chi connectivity index (χ0n) is 8.31. The average Bonchev–Trinajstić information content (AvgIpc) is 2.16. The van der Waals surface area contributed by atoms with Gasteiger partial charge < -0.3 is 10.1 Å². The lowest BCUT2D eigenvalue weighted by Gasteiger charge is -2.08. The summed E-state index contributed by atoms with van der Waals surface area (Å²) in [5.41, 5.74) is 0. The van der Waals surface area contributed by atoms with Gasteiger partial charge >= 0.3 is 0 Å². The van der Waals surface area contributed by atoms with Crippen LogP contribution in [0.2, 0.25) is 0 Å². The number of amides is 1. The molecule has 0 aliphatic carbocycles. The predicted octanol–water partition coefficient (Wildman–Crippen LogP) is 1.70. The molecule has 1 N–H and O–H groups in total. The molecule has 0 rings (SSSR count). The first kappa shape index (κ1) is 12.9. The molecule has 3 nitrogen and oxygen atoms in total. The summed E-state index contributed by atoms with van der Waals surface area (Å²) in [6.07, 6.45) is 1.69. The lowest BCUT2D eigenvalue weighted by atomic mass is 10.3. The van der Waals surface area contributed by atoms with E-state index >= 15 is 0 Å². The monoisotopic (exact) mass is 251 g/mol. The van der Waals surface area contributed by atoms with Crippen LogP contribution in [0.1, 0.15) is 26.7 Å². The van der Waals surface area contributed by atoms with Gasteiger partial charge in [0.05, 0.1) is 4.83 Å². The van der Waals surface area contributed by atoms with E-state index in [1.807, 2.05) is 13.8 Å². The van der Waals surface area contributed by atoms with Crippen LogP contribution >= 0.6 is 15.9 Å². The van der Waals surface area contributed by atoms with Crippen LogP contribution < -0.4 is 5.32 Å². The Labute approximate surface area is 88.4 Å². The Hall–Kier alpha value is -0.0900. The lowest BCUT2D eigenvalue weighted by Crippen LogP contribution is -2.31. The summed E-state index contributed by atoms with van der Waals surface area (Å²) in [6, 6.07) is 0. The van der Waals surface area contributed by atoms with E-state index in [9.17, 15) is 4.79 Å². The molecule has 0 saturated carbocycles. The minimum atomic E-state index is -0.0559. The molecule has 1 unspecified atom stereocenters. The molecule has 78 valence electrons. The number of ether oxygens (including phenoxy) is 1. The molecule has 0 aromatic heterocycles. The molecular weight excluding hydrogens is 234 g/mol. The van der Waals surface area contributed by atoms with Crippen molar-refractivity contribution in [3.63, 3.8) is 0 Å². The van der Waals surface area contributed by atoms with E-state index in [2.05, 4.69) is 21.2 Å². The fraction of sp³-hybridized carbons (Fsp3) is 0.889. The molecule has 0 saturated heterocycles. The first-order valence-corrected chi connectivity index (χ1v) is 5.63. The molecule has 1 atom stereocenters. The number of hydrogen-bond donors (Lipinski definition) is 1. The van der Waals surface area contributed by atoms with Crippen LogP contribution in [0.4, 0.5) is 0 Å². The smallest absolute Gasteiger partial charge is 0.233 e. The standard InChI is InChI=1S/C9H18BrNO2/c1-3-8(10)9(12)11-6-5-7-13-4-2/h8H,3-7H2,1-2H3,(H,11,12). The third-order valence-corrected chi connectivity index (χ3v) is 2.68. The van der Waals surface area contributed by atoms with Crippen molar-refractivity contribution in [1.82, 2.24) is 5.32 Å². The number of alkyl halides is 1. The highest BCUT2D eigenvalue weighted by molar-refractivity contribution is 9.10. The summed E-state index contributed by atoms with van der Waals surface area (Å²) in [5.74, 6) is 0.0685. The minimum absolute atomic E-state index is 0.0559. The van der Waals surface area contributed by atoms with Gasteiger partial charge in [-0.25, -0.2) is 0 Å². The lowest BCUT2D eigenvalue weighted by molar-refractivity contribution is -0.120. The summed E-state index contributed by atoms with van der Waals surface area (Å²) in [6.45, 7) is 6.09. The summed E-state index contributed by atoms with van der Waals surface area (Å²) >= 11 is 3.28. The van der Waals surface area contributed by atoms with Gasteiger partial charge in [-0.2, -0.15) is 0 Å². The zero-order chi connectivity index (χ0) is 10.1. The molecular formula is C9H18BrNO2. The van der Waals surface area contributed by atoms with Crippen LogP contribution in [0.15, 0.2) is 0 Å². The van der Waals surface area contributed by atoms with Crippen LogP contribution in [0.5, 0.6) is 0 Å². The van der Waals surface area contributed by atoms with Gasteiger partial charge in [0.25, 0.3) is 0 Å². The van der Waals surface area contributed by atoms with Crippen molar-refractivity contribution >= 4 is 21.8 Å². The number of nitrogens with one attached hydrogen (secondary N) is 1. The SMILES string of the molecule is CCOCCCNC(=O)C(Br)CC. The van der Waals surface area contributed by atoms with Crippen molar-refractivity contribution in [3.8, 4) is 0 Å². The molecule has 0 heterocycles. The number of carbonyl (C=O) groups is 1. The second kappa shape index (κ2) is 8.51. The molecule has 0 aliphatic heterocycles. The average molecular weight is 252 g/mol. The minimum Gasteiger partial charge on any atom is -0.382 e. The van der Waals surface area contributed by atoms with Gasteiger partial charge in [-0.05, 0) is 19.8 Å². The van der Waals surface area contributed by atoms with E-state index < -0.39 is 0 Å². The summed E-state index contributed by atoms with van der Waals surface area (Å²) in [5, 5.41) is 2.83. The highest BCUT2D eigenvalue weighted by atomic mass is 79.9. The Morgan fingerprint density at radius 2 is 2.23 bits per heavy atom. The molecule has 0 aliphatic rings. The number of carbonyl (C=O) groups excluding carboxylic acids is 1. The van der Waals surface area contributed by atoms with Gasteiger partial charge in [-0.3, -0.25) is 4.79 Å². The van der Waals surface area contributed by atoms with E-state index in [0.717, 1.165) is 26.1 Å². The van der Waals surface area contributed by atoms with Gasteiger partial charge in [0.2, 0.25) is 5.91 Å². The Kier molecular flexibility index (Phi) is 8.45. The van der Waals surface area contributed by atoms with E-state index in [1.54, 1.807) is 0 Å². The third-order valence-electron chi connectivity index (χ3n) is 1.61. The number of halogens is 1. The molecule has 0 fully saturated rings. The molecule has 4 heteroatoms. The van der Waals surface area contributed by atoms with Crippen LogP contribution in [0.25, 0.3) is 0 Å². The van der Waals surface area contributed by atoms with E-state index in [4.69, 9.17) is 4.74 Å². The van der Waals surface area contributed by atoms with Gasteiger partial charge in [-0.15, -0.1) is 0 Å². The Morgan fingerprint density at radius 1 is 1.54 bits per heavy atom. The summed E-state index contributed by atoms with van der Waals surface area (Å²) < 4.78 is 5.14. The Balaban J connectivity index is 3.27. The van der Waals surface area contributed by atoms with Gasteiger partial charge in [0.15, 0.2) is 0 Å². The predicted molar refractivity (Wildman–Crippen MR) is 57.1 cm³/mol. The van der Waals surface area contributed by atoms with Gasteiger partial charge in [0, 0.05) is 19.8 Å². The van der Waals surface area contributed by atoms with Crippen molar-refractivity contribution in [3.05, 3.63) is 0 Å². The van der Waals surface area contributed by atoms with Crippen molar-refractivity contribution < 1.29 is 9.53 Å². The van der Waals surface area contributed by atoms with Crippen LogP contribution in [0.3, 0.4) is 0 Å². The highest BCUT2D eigenvalue weighted by Gasteiger charge is 2.10. The normalized spacial score (nSPS) is 12.5. The third kappa shape index (κ3) is 7.02. The maximum absolute atomic E-state index is 11.2. The quantitative estimate of drug-likeness (QED) is 0.553. The van der Waals surface area contributed by atoms with Crippen molar-refractivity contribution in [2.75, 3.05) is 19.8 Å². The fourth-order valence-electron chi connectivity index (χ4n) is 0.826. The first-order valence-electron chi connectivity index (χ1n) is 4.71. The van der Waals surface area contributed by atoms with Crippen LogP contribution in [-0.2, 0) is 9.53 Å². The summed E-state index contributed by atoms with van der Waals surface area (Å²) in [4.78, 5) is 11.2. The fourth-order valence-corrected chi connectivity index (χ4v) is 0.988. The van der Waals surface area contributed by atoms with Crippen molar-refractivity contribution in [1.29, 1.82) is 0 Å². The zero-order valence-corrected chi connectivity index (χ0v) is 9.89. The van der Waals surface area contributed by atoms with Crippen LogP contribution in [-0.4, -0.2) is 30.5 Å². The highest BCUT2D eigenvalue weighted by Crippen LogP contribution is 2.03. The largest absolute Gasteiger partial charge is 0.382 e. The van der Waals surface area contributed by atoms with E-state index in [1.165, 1.54) is 0 Å². The van der Waals surface area contributed by atoms with Gasteiger partial charge in [-0.1, -0.05) is 22.9 Å². The molecule has 0 spiro atoms. The second-order valence-corrected chi connectivity index (χ2v) is 3.82.